The SMILES string of the molecule is CC1=Cc2c(-c3cc4ccccc4c4ccccc34)cccc2[CH]1[Zr]([Cl])([Cl])([CH]1C(C)=Cc2c(-c3cc4ccccc4c4ccccc34)cccc21)[SiH](C)C. The molecule has 0 radical (unpaired) electrons. The Hall–Kier alpha value is -4.04. The van der Waals surface area contributed by atoms with Crippen molar-refractivity contribution in [3.05, 3.63) is 179 Å². The molecule has 54 heavy (non-hydrogen) atoms. The fourth-order valence-corrected chi connectivity index (χ4v) is 43.3. The van der Waals surface area contributed by atoms with E-state index in [1.165, 1.54) is 98.7 Å². The van der Waals surface area contributed by atoms with Gasteiger partial charge in [-0.2, -0.15) is 0 Å². The Morgan fingerprint density at radius 3 is 1.20 bits per heavy atom. The van der Waals surface area contributed by atoms with Crippen LogP contribution in [0.5, 0.6) is 0 Å². The van der Waals surface area contributed by atoms with Crippen molar-refractivity contribution >= 4 is 78.2 Å². The van der Waals surface area contributed by atoms with Crippen LogP contribution in [0.1, 0.15) is 43.4 Å². The molecule has 0 aromatic heterocycles. The normalized spacial score (nSPS) is 17.5. The zero-order valence-electron chi connectivity index (χ0n) is 31.0. The molecule has 0 saturated carbocycles. The molecule has 2 aliphatic carbocycles. The second kappa shape index (κ2) is 12.5. The van der Waals surface area contributed by atoms with Gasteiger partial charge in [-0.1, -0.05) is 0 Å². The minimum absolute atomic E-state index is 0.0348. The third kappa shape index (κ3) is 4.83. The number of allylic oxidation sites excluding steroid dienone is 2. The number of halogens is 2. The topological polar surface area (TPSA) is 0 Å². The molecule has 2 aliphatic rings. The molecular weight excluding hydrogens is 791 g/mol. The van der Waals surface area contributed by atoms with Gasteiger partial charge in [-0.3, -0.25) is 0 Å². The summed E-state index contributed by atoms with van der Waals surface area (Å²) in [5.41, 5.74) is 12.9. The van der Waals surface area contributed by atoms with Gasteiger partial charge in [-0.25, -0.2) is 0 Å². The predicted octanol–water partition coefficient (Wildman–Crippen LogP) is 15.2. The molecular formula is C50H41Cl2SiZr. The van der Waals surface area contributed by atoms with Crippen molar-refractivity contribution in [3.8, 4) is 22.3 Å². The number of hydrogen-bond donors (Lipinski definition) is 0. The summed E-state index contributed by atoms with van der Waals surface area (Å²) in [5, 5.41) is 10.2. The van der Waals surface area contributed by atoms with Crippen molar-refractivity contribution in [1.29, 1.82) is 0 Å². The van der Waals surface area contributed by atoms with Gasteiger partial charge in [0.25, 0.3) is 0 Å². The molecule has 0 bridgehead atoms. The van der Waals surface area contributed by atoms with E-state index in [2.05, 4.69) is 185 Å². The molecule has 2 atom stereocenters. The molecule has 10 rings (SSSR count). The van der Waals surface area contributed by atoms with Crippen LogP contribution in [0.3, 0.4) is 0 Å². The number of benzene rings is 8. The van der Waals surface area contributed by atoms with Gasteiger partial charge in [-0.05, 0) is 0 Å². The molecule has 0 spiro atoms. The molecule has 2 unspecified atom stereocenters. The first-order valence-corrected chi connectivity index (χ1v) is 35.5. The molecule has 8 aromatic carbocycles. The van der Waals surface area contributed by atoms with E-state index >= 15 is 0 Å². The van der Waals surface area contributed by atoms with E-state index in [9.17, 15) is 0 Å². The Labute approximate surface area is 326 Å². The fourth-order valence-electron chi connectivity index (χ4n) is 10.4. The maximum absolute atomic E-state index is 8.69. The summed E-state index contributed by atoms with van der Waals surface area (Å²) in [5.74, 6) is -1.68. The summed E-state index contributed by atoms with van der Waals surface area (Å²) >= 11 is -4.89. The van der Waals surface area contributed by atoms with Crippen LogP contribution in [0.25, 0.3) is 77.5 Å². The number of hydrogen-bond acceptors (Lipinski definition) is 0. The van der Waals surface area contributed by atoms with Gasteiger partial charge in [0.15, 0.2) is 0 Å². The van der Waals surface area contributed by atoms with Crippen LogP contribution >= 0.6 is 17.0 Å². The van der Waals surface area contributed by atoms with Crippen LogP contribution < -0.4 is 0 Å². The zero-order valence-corrected chi connectivity index (χ0v) is 36.1. The molecule has 8 aromatic rings. The van der Waals surface area contributed by atoms with Crippen LogP contribution in [0.4, 0.5) is 0 Å². The number of rotatable bonds is 5. The first-order chi connectivity index (χ1) is 26.1. The van der Waals surface area contributed by atoms with Crippen molar-refractivity contribution in [3.63, 3.8) is 0 Å². The van der Waals surface area contributed by atoms with E-state index in [0.29, 0.717) is 0 Å². The van der Waals surface area contributed by atoms with Crippen LogP contribution in [0.2, 0.25) is 13.1 Å². The fraction of sp³-hybridized carbons (Fsp3) is 0.120. The van der Waals surface area contributed by atoms with Crippen molar-refractivity contribution < 1.29 is 15.6 Å². The molecule has 263 valence electrons. The Bertz CT molecular complexity index is 2760. The third-order valence-corrected chi connectivity index (χ3v) is 65.1. The van der Waals surface area contributed by atoms with Gasteiger partial charge in [-0.15, -0.1) is 0 Å². The van der Waals surface area contributed by atoms with Gasteiger partial charge in [0, 0.05) is 0 Å². The van der Waals surface area contributed by atoms with Crippen LogP contribution in [-0.2, 0) is 15.6 Å². The van der Waals surface area contributed by atoms with E-state index in [4.69, 9.17) is 17.0 Å². The maximum atomic E-state index is 8.69. The molecule has 0 saturated heterocycles. The van der Waals surface area contributed by atoms with Crippen LogP contribution in [-0.4, -0.2) is 5.92 Å². The Morgan fingerprint density at radius 2 is 0.796 bits per heavy atom. The number of fused-ring (bicyclic) bond motifs is 8. The quantitative estimate of drug-likeness (QED) is 0.120. The van der Waals surface area contributed by atoms with E-state index in [1.54, 1.807) is 0 Å². The molecule has 0 fully saturated rings. The summed E-state index contributed by atoms with van der Waals surface area (Å²) in [6.45, 7) is 9.47. The van der Waals surface area contributed by atoms with Crippen molar-refractivity contribution in [1.82, 2.24) is 0 Å². The first-order valence-electron chi connectivity index (χ1n) is 19.2. The first kappa shape index (κ1) is 34.5. The van der Waals surface area contributed by atoms with E-state index in [0.717, 1.165) is 0 Å². The van der Waals surface area contributed by atoms with Gasteiger partial charge in [0.05, 0.1) is 0 Å². The van der Waals surface area contributed by atoms with Gasteiger partial charge in [0.2, 0.25) is 0 Å². The van der Waals surface area contributed by atoms with Gasteiger partial charge in [0.1, 0.15) is 0 Å². The molecule has 0 amide bonds. The summed E-state index contributed by atoms with van der Waals surface area (Å²) in [6.07, 6.45) is 4.86. The summed E-state index contributed by atoms with van der Waals surface area (Å²) in [6, 6.07) is 53.7. The molecule has 4 heteroatoms. The Balaban J connectivity index is 1.16. The van der Waals surface area contributed by atoms with Gasteiger partial charge < -0.3 is 0 Å². The second-order valence-electron chi connectivity index (χ2n) is 16.0. The van der Waals surface area contributed by atoms with E-state index in [1.807, 2.05) is 0 Å². The van der Waals surface area contributed by atoms with Crippen molar-refractivity contribution in [2.75, 3.05) is 0 Å². The average molecular weight is 832 g/mol. The summed E-state index contributed by atoms with van der Waals surface area (Å²) < 4.78 is 0.0696. The monoisotopic (exact) mass is 829 g/mol. The minimum atomic E-state index is -4.89. The Kier molecular flexibility index (Phi) is 7.97. The van der Waals surface area contributed by atoms with E-state index < -0.39 is 21.5 Å². The summed E-state index contributed by atoms with van der Waals surface area (Å²) in [4.78, 5) is 0. The van der Waals surface area contributed by atoms with Gasteiger partial charge >= 0.3 is 329 Å². The molecule has 0 N–H and O–H groups in total. The average Bonchev–Trinajstić information content (AvgIpc) is 3.74. The van der Waals surface area contributed by atoms with Crippen molar-refractivity contribution in [2.24, 2.45) is 0 Å². The molecule has 0 heterocycles. The van der Waals surface area contributed by atoms with Crippen LogP contribution in [0.15, 0.2) is 157 Å². The third-order valence-electron chi connectivity index (χ3n) is 12.9. The zero-order chi connectivity index (χ0) is 37.0. The Morgan fingerprint density at radius 1 is 0.426 bits per heavy atom. The molecule has 0 aliphatic heterocycles. The molecule has 0 nitrogen and oxygen atoms in total. The standard InChI is InChI=1S/2C24H17.C2H7Si.2ClH.Zr/c2*1-16-13-17-8-6-12-22(23(17)14-16)24-15-18-7-2-3-9-19(18)20-10-4-5-11-21(20)24;1-3-2;;;/h2*2-15H,1H3;3H,1-2H3;2*1H;/q;;;;;+2/p-2. The van der Waals surface area contributed by atoms with E-state index in [-0.39, 0.29) is 7.25 Å². The summed E-state index contributed by atoms with van der Waals surface area (Å²) in [7, 11) is 17.4. The van der Waals surface area contributed by atoms with Crippen LogP contribution in [0, 0.1) is 0 Å². The second-order valence-corrected chi connectivity index (χ2v) is 58.5. The van der Waals surface area contributed by atoms with Crippen molar-refractivity contribution in [2.45, 2.75) is 34.2 Å². The predicted molar refractivity (Wildman–Crippen MR) is 237 cm³/mol.